The minimum absolute atomic E-state index is 0.0649. The zero-order valence-electron chi connectivity index (χ0n) is 23.9. The third kappa shape index (κ3) is 5.29. The minimum atomic E-state index is -2.12. The molecule has 220 valence electrons. The molecule has 1 aromatic rings. The Labute approximate surface area is 235 Å². The largest absolute Gasteiger partial charge is 0.497 e. The molecule has 1 fully saturated rings. The topological polar surface area (TPSA) is 124 Å². The summed E-state index contributed by atoms with van der Waals surface area (Å²) in [6.45, 7) is 7.01. The van der Waals surface area contributed by atoms with E-state index < -0.39 is 41.2 Å². The van der Waals surface area contributed by atoms with E-state index in [-0.39, 0.29) is 25.7 Å². The molecule has 0 aromatic heterocycles. The summed E-state index contributed by atoms with van der Waals surface area (Å²) in [6.07, 6.45) is 3.97. The van der Waals surface area contributed by atoms with Gasteiger partial charge in [-0.1, -0.05) is 0 Å². The fraction of sp³-hybridized carbons (Fsp3) is 0.667. The number of esters is 2. The third-order valence-electron chi connectivity index (χ3n) is 8.70. The Morgan fingerprint density at radius 2 is 1.90 bits per heavy atom. The van der Waals surface area contributed by atoms with Gasteiger partial charge in [-0.05, 0) is 95.2 Å². The number of carbonyl (C=O) groups is 2. The highest BCUT2D eigenvalue weighted by atomic mass is 16.7. The molecule has 4 aliphatic rings. The molecule has 0 bridgehead atoms. The van der Waals surface area contributed by atoms with Crippen molar-refractivity contribution in [2.75, 3.05) is 33.6 Å². The number of aliphatic hydroxyl groups is 2. The highest BCUT2D eigenvalue weighted by molar-refractivity contribution is 5.86. The van der Waals surface area contributed by atoms with Crippen molar-refractivity contribution in [1.29, 1.82) is 0 Å². The quantitative estimate of drug-likeness (QED) is 0.414. The summed E-state index contributed by atoms with van der Waals surface area (Å²) in [5.41, 5.74) is -1.42. The summed E-state index contributed by atoms with van der Waals surface area (Å²) in [5, 5.41) is 21.8. The van der Waals surface area contributed by atoms with Gasteiger partial charge in [0.2, 0.25) is 6.79 Å². The fourth-order valence-electron chi connectivity index (χ4n) is 6.85. The summed E-state index contributed by atoms with van der Waals surface area (Å²) >= 11 is 0. The van der Waals surface area contributed by atoms with Gasteiger partial charge in [-0.15, -0.1) is 0 Å². The van der Waals surface area contributed by atoms with E-state index >= 15 is 0 Å². The van der Waals surface area contributed by atoms with Crippen LogP contribution in [-0.4, -0.2) is 83.5 Å². The van der Waals surface area contributed by atoms with Crippen LogP contribution in [0.2, 0.25) is 0 Å². The van der Waals surface area contributed by atoms with E-state index in [0.717, 1.165) is 43.5 Å². The Morgan fingerprint density at radius 1 is 1.15 bits per heavy atom. The molecular weight excluding hydrogens is 518 g/mol. The van der Waals surface area contributed by atoms with E-state index in [4.69, 9.17) is 23.7 Å². The van der Waals surface area contributed by atoms with Gasteiger partial charge in [0.25, 0.3) is 0 Å². The van der Waals surface area contributed by atoms with Gasteiger partial charge in [-0.25, -0.2) is 4.79 Å². The van der Waals surface area contributed by atoms with Crippen LogP contribution in [0, 0.1) is 0 Å². The van der Waals surface area contributed by atoms with Crippen molar-refractivity contribution in [3.05, 3.63) is 35.1 Å². The molecule has 4 atom stereocenters. The Morgan fingerprint density at radius 3 is 2.60 bits per heavy atom. The van der Waals surface area contributed by atoms with E-state index in [2.05, 4.69) is 11.0 Å². The second-order valence-electron chi connectivity index (χ2n) is 12.0. The first-order chi connectivity index (χ1) is 19.0. The SMILES string of the molecule is CCOC(=O)C[C@](O)(CCCC(C)(C)O)C(=O)OC1C(OC)=CC23CCCN2CCc2cc4c(cc2[C@H]13)OCO4. The van der Waals surface area contributed by atoms with Crippen LogP contribution in [0.3, 0.4) is 0 Å². The molecular formula is C30H41NO9. The number of hydrogen-bond donors (Lipinski definition) is 2. The van der Waals surface area contributed by atoms with Crippen LogP contribution in [0.5, 0.6) is 11.5 Å². The summed E-state index contributed by atoms with van der Waals surface area (Å²) in [4.78, 5) is 28.7. The van der Waals surface area contributed by atoms with Gasteiger partial charge in [-0.2, -0.15) is 0 Å². The van der Waals surface area contributed by atoms with Gasteiger partial charge in [-0.3, -0.25) is 9.69 Å². The van der Waals surface area contributed by atoms with Crippen molar-refractivity contribution >= 4 is 11.9 Å². The third-order valence-corrected chi connectivity index (χ3v) is 8.70. The maximum Gasteiger partial charge on any atom is 0.339 e. The van der Waals surface area contributed by atoms with Gasteiger partial charge in [0.15, 0.2) is 23.2 Å². The highest BCUT2D eigenvalue weighted by Gasteiger charge is 2.59. The van der Waals surface area contributed by atoms with E-state index in [1.54, 1.807) is 27.9 Å². The Kier molecular flexibility index (Phi) is 7.80. The zero-order valence-corrected chi connectivity index (χ0v) is 23.9. The summed E-state index contributed by atoms with van der Waals surface area (Å²) in [5.74, 6) is -0.0176. The number of methoxy groups -OCH3 is 1. The van der Waals surface area contributed by atoms with Crippen LogP contribution in [-0.2, 0) is 30.2 Å². The first-order valence-electron chi connectivity index (χ1n) is 14.3. The Balaban J connectivity index is 1.49. The average molecular weight is 560 g/mol. The van der Waals surface area contributed by atoms with E-state index in [1.165, 1.54) is 0 Å². The van der Waals surface area contributed by atoms with Crippen molar-refractivity contribution in [3.8, 4) is 11.5 Å². The maximum atomic E-state index is 13.8. The van der Waals surface area contributed by atoms with Crippen LogP contribution in [0.25, 0.3) is 0 Å². The van der Waals surface area contributed by atoms with Gasteiger partial charge in [0.05, 0.1) is 37.2 Å². The molecule has 1 saturated heterocycles. The standard InChI is InChI=1S/C30H41NO9/c1-5-37-24(32)17-30(35,11-6-9-28(2,3)34)27(33)40-26-23(36-4)16-29-10-7-12-31(29)13-8-19-14-21-22(39-18-38-21)15-20(19)25(26)29/h14-16,25-26,34-35H,5-13,17-18H2,1-4H3/t25-,26?,29?,30-/m1/s1. The summed E-state index contributed by atoms with van der Waals surface area (Å²) in [6, 6.07) is 4.01. The van der Waals surface area contributed by atoms with Crippen LogP contribution in [0.4, 0.5) is 0 Å². The first kappa shape index (κ1) is 28.7. The number of nitrogens with zero attached hydrogens (tertiary/aromatic N) is 1. The molecule has 1 aliphatic carbocycles. The van der Waals surface area contributed by atoms with Crippen LogP contribution in [0.15, 0.2) is 24.0 Å². The lowest BCUT2D eigenvalue weighted by atomic mass is 9.77. The lowest BCUT2D eigenvalue weighted by Crippen LogP contribution is -2.49. The van der Waals surface area contributed by atoms with E-state index in [1.807, 2.05) is 12.1 Å². The number of carbonyl (C=O) groups excluding carboxylic acids is 2. The second-order valence-corrected chi connectivity index (χ2v) is 12.0. The normalized spacial score (nSPS) is 26.6. The zero-order chi connectivity index (χ0) is 28.7. The number of rotatable bonds is 10. The predicted molar refractivity (Wildman–Crippen MR) is 144 cm³/mol. The van der Waals surface area contributed by atoms with Gasteiger partial charge in [0.1, 0.15) is 5.76 Å². The summed E-state index contributed by atoms with van der Waals surface area (Å²) in [7, 11) is 1.56. The fourth-order valence-corrected chi connectivity index (χ4v) is 6.85. The van der Waals surface area contributed by atoms with Crippen molar-refractivity contribution in [2.45, 2.75) is 94.5 Å². The van der Waals surface area contributed by atoms with Gasteiger partial charge >= 0.3 is 11.9 Å². The van der Waals surface area contributed by atoms with Crippen molar-refractivity contribution in [1.82, 2.24) is 4.90 Å². The second kappa shape index (κ2) is 10.9. The lowest BCUT2D eigenvalue weighted by Gasteiger charge is -2.39. The first-order valence-corrected chi connectivity index (χ1v) is 14.3. The smallest absolute Gasteiger partial charge is 0.339 e. The van der Waals surface area contributed by atoms with Crippen LogP contribution < -0.4 is 9.47 Å². The highest BCUT2D eigenvalue weighted by Crippen LogP contribution is 2.55. The van der Waals surface area contributed by atoms with E-state index in [0.29, 0.717) is 30.1 Å². The molecule has 2 N–H and O–H groups in total. The average Bonchev–Trinajstić information content (AvgIpc) is 3.57. The minimum Gasteiger partial charge on any atom is -0.497 e. The Bertz CT molecular complexity index is 1170. The Hall–Kier alpha value is -2.82. The van der Waals surface area contributed by atoms with Crippen molar-refractivity contribution < 1.29 is 43.5 Å². The molecule has 1 spiro atoms. The number of hydrogen-bond acceptors (Lipinski definition) is 10. The van der Waals surface area contributed by atoms with Crippen molar-refractivity contribution in [2.24, 2.45) is 0 Å². The summed E-state index contributed by atoms with van der Waals surface area (Å²) < 4.78 is 28.5. The molecule has 0 radical (unpaired) electrons. The van der Waals surface area contributed by atoms with Crippen LogP contribution >= 0.6 is 0 Å². The molecule has 5 rings (SSSR count). The molecule has 40 heavy (non-hydrogen) atoms. The molecule has 1 aromatic carbocycles. The maximum absolute atomic E-state index is 13.8. The van der Waals surface area contributed by atoms with Crippen molar-refractivity contribution in [3.63, 3.8) is 0 Å². The monoisotopic (exact) mass is 559 g/mol. The molecule has 3 heterocycles. The number of benzene rings is 1. The molecule has 10 heteroatoms. The molecule has 0 saturated carbocycles. The number of fused-ring (bicyclic) bond motifs is 3. The lowest BCUT2D eigenvalue weighted by molar-refractivity contribution is -0.179. The molecule has 10 nitrogen and oxygen atoms in total. The molecule has 2 unspecified atom stereocenters. The van der Waals surface area contributed by atoms with Gasteiger partial charge in [0, 0.05) is 6.54 Å². The van der Waals surface area contributed by atoms with Gasteiger partial charge < -0.3 is 33.9 Å². The van der Waals surface area contributed by atoms with E-state index in [9.17, 15) is 19.8 Å². The number of ether oxygens (including phenoxy) is 5. The molecule has 3 aliphatic heterocycles. The molecule has 0 amide bonds. The predicted octanol–water partition coefficient (Wildman–Crippen LogP) is 2.97. The van der Waals surface area contributed by atoms with Crippen LogP contribution in [0.1, 0.15) is 76.3 Å².